The average Bonchev–Trinajstić information content (AvgIpc) is 3.52. The summed E-state index contributed by atoms with van der Waals surface area (Å²) in [6, 6.07) is 68.1. The van der Waals surface area contributed by atoms with E-state index in [1.807, 2.05) is 42.5 Å². The Hall–Kier alpha value is -7.08. The molecule has 57 heavy (non-hydrogen) atoms. The molecule has 4 nitrogen and oxygen atoms in total. The summed E-state index contributed by atoms with van der Waals surface area (Å²) in [5, 5.41) is 2.72. The molecule has 10 rings (SSSR count). The lowest BCUT2D eigenvalue weighted by Crippen LogP contribution is -2.50. The molecule has 5 heteroatoms. The molecule has 0 atom stereocenters. The van der Waals surface area contributed by atoms with Crippen LogP contribution >= 0.6 is 0 Å². The Morgan fingerprint density at radius 1 is 0.316 bits per heavy atom. The lowest BCUT2D eigenvalue weighted by atomic mass is 9.96. The van der Waals surface area contributed by atoms with Crippen molar-refractivity contribution >= 4 is 18.4 Å². The molecule has 0 amide bonds. The minimum absolute atomic E-state index is 0.696. The van der Waals surface area contributed by atoms with Crippen molar-refractivity contribution in [1.82, 2.24) is 19.9 Å². The van der Waals surface area contributed by atoms with E-state index in [-0.39, 0.29) is 0 Å². The molecule has 0 bridgehead atoms. The number of fused-ring (bicyclic) bond motifs is 3. The van der Waals surface area contributed by atoms with Gasteiger partial charge in [-0.3, -0.25) is 0 Å². The first-order valence-electron chi connectivity index (χ1n) is 19.4. The summed E-state index contributed by atoms with van der Waals surface area (Å²) < 4.78 is 0. The van der Waals surface area contributed by atoms with Crippen molar-refractivity contribution in [2.24, 2.45) is 0 Å². The van der Waals surface area contributed by atoms with Crippen molar-refractivity contribution in [1.29, 1.82) is 0 Å². The smallest absolute Gasteiger partial charge is 0.160 e. The molecule has 3 heterocycles. The molecule has 9 aromatic rings. The topological polar surface area (TPSA) is 51.6 Å². The van der Waals surface area contributed by atoms with E-state index in [0.717, 1.165) is 78.7 Å². The number of nitrogens with zero attached hydrogens (tertiary/aromatic N) is 4. The lowest BCUT2D eigenvalue weighted by molar-refractivity contribution is 1.18. The minimum Gasteiger partial charge on any atom is -0.228 e. The molecule has 2 aromatic heterocycles. The van der Waals surface area contributed by atoms with Crippen molar-refractivity contribution in [3.8, 4) is 90.1 Å². The van der Waals surface area contributed by atoms with Crippen LogP contribution in [0.25, 0.3) is 90.1 Å². The van der Waals surface area contributed by atoms with E-state index in [1.54, 1.807) is 0 Å². The van der Waals surface area contributed by atoms with E-state index in [9.17, 15) is 0 Å². The van der Waals surface area contributed by atoms with Crippen molar-refractivity contribution in [3.05, 3.63) is 194 Å². The maximum atomic E-state index is 5.36. The monoisotopic (exact) mass is 746 g/mol. The second-order valence-corrected chi connectivity index (χ2v) is 19.4. The Bertz CT molecular complexity index is 2870. The Labute approximate surface area is 334 Å². The average molecular weight is 747 g/mol. The number of benzene rings is 7. The normalized spacial score (nSPS) is 12.5. The third-order valence-electron chi connectivity index (χ3n) is 11.1. The third kappa shape index (κ3) is 6.38. The molecule has 0 aliphatic carbocycles. The highest BCUT2D eigenvalue weighted by Crippen LogP contribution is 2.36. The van der Waals surface area contributed by atoms with E-state index in [0.29, 0.717) is 5.82 Å². The maximum absolute atomic E-state index is 5.36. The van der Waals surface area contributed by atoms with E-state index >= 15 is 0 Å². The number of aromatic nitrogens is 4. The summed E-state index contributed by atoms with van der Waals surface area (Å²) in [4.78, 5) is 20.8. The van der Waals surface area contributed by atoms with Crippen LogP contribution in [0.1, 0.15) is 0 Å². The van der Waals surface area contributed by atoms with Crippen molar-refractivity contribution in [2.75, 3.05) is 0 Å². The Kier molecular flexibility index (Phi) is 8.58. The van der Waals surface area contributed by atoms with Crippen LogP contribution in [0.2, 0.25) is 13.1 Å². The van der Waals surface area contributed by atoms with Crippen LogP contribution in [0.15, 0.2) is 194 Å². The summed E-state index contributed by atoms with van der Waals surface area (Å²) in [7, 11) is -2.10. The highest BCUT2D eigenvalue weighted by atomic mass is 28.3. The predicted molar refractivity (Wildman–Crippen MR) is 238 cm³/mol. The van der Waals surface area contributed by atoms with Crippen LogP contribution in [-0.2, 0) is 0 Å². The number of rotatable bonds is 7. The summed E-state index contributed by atoms with van der Waals surface area (Å²) in [6.07, 6.45) is 0. The van der Waals surface area contributed by atoms with Crippen LogP contribution in [0.3, 0.4) is 0 Å². The molecule has 1 aliphatic heterocycles. The molecule has 0 saturated carbocycles. The third-order valence-corrected chi connectivity index (χ3v) is 14.6. The largest absolute Gasteiger partial charge is 0.228 e. The Morgan fingerprint density at radius 2 is 0.719 bits per heavy atom. The van der Waals surface area contributed by atoms with E-state index in [4.69, 9.17) is 19.9 Å². The predicted octanol–water partition coefficient (Wildman–Crippen LogP) is 11.7. The molecule has 0 N–H and O–H groups in total. The van der Waals surface area contributed by atoms with Gasteiger partial charge in [0.2, 0.25) is 0 Å². The van der Waals surface area contributed by atoms with Gasteiger partial charge < -0.3 is 0 Å². The molecule has 0 saturated heterocycles. The first-order valence-corrected chi connectivity index (χ1v) is 22.4. The fourth-order valence-electron chi connectivity index (χ4n) is 8.19. The van der Waals surface area contributed by atoms with Crippen LogP contribution in [0.4, 0.5) is 0 Å². The van der Waals surface area contributed by atoms with Crippen molar-refractivity contribution in [2.45, 2.75) is 13.1 Å². The van der Waals surface area contributed by atoms with Gasteiger partial charge in [0.15, 0.2) is 11.6 Å². The van der Waals surface area contributed by atoms with Gasteiger partial charge in [0, 0.05) is 27.8 Å². The van der Waals surface area contributed by atoms with Crippen molar-refractivity contribution in [3.63, 3.8) is 0 Å². The van der Waals surface area contributed by atoms with Gasteiger partial charge in [0.05, 0.1) is 22.8 Å². The van der Waals surface area contributed by atoms with Gasteiger partial charge in [-0.25, -0.2) is 19.9 Å². The van der Waals surface area contributed by atoms with Crippen LogP contribution < -0.4 is 10.4 Å². The van der Waals surface area contributed by atoms with Gasteiger partial charge in [-0.05, 0) is 62.5 Å². The zero-order valence-corrected chi connectivity index (χ0v) is 32.8. The van der Waals surface area contributed by atoms with Crippen LogP contribution in [0, 0.1) is 0 Å². The summed E-state index contributed by atoms with van der Waals surface area (Å²) in [6.45, 7) is 4.86. The molecule has 7 aromatic carbocycles. The van der Waals surface area contributed by atoms with E-state index < -0.39 is 8.07 Å². The van der Waals surface area contributed by atoms with Gasteiger partial charge in [-0.15, -0.1) is 0 Å². The van der Waals surface area contributed by atoms with Gasteiger partial charge in [-0.1, -0.05) is 183 Å². The number of hydrogen-bond acceptors (Lipinski definition) is 4. The van der Waals surface area contributed by atoms with Crippen LogP contribution in [-0.4, -0.2) is 28.0 Å². The molecule has 0 radical (unpaired) electrons. The second kappa shape index (κ2) is 14.2. The molecule has 270 valence electrons. The zero-order valence-electron chi connectivity index (χ0n) is 31.8. The van der Waals surface area contributed by atoms with Gasteiger partial charge in [0.25, 0.3) is 0 Å². The highest BCUT2D eigenvalue weighted by Gasteiger charge is 2.41. The maximum Gasteiger partial charge on any atom is 0.160 e. The minimum atomic E-state index is -2.10. The molecule has 0 unspecified atom stereocenters. The van der Waals surface area contributed by atoms with Crippen molar-refractivity contribution < 1.29 is 0 Å². The lowest BCUT2D eigenvalue weighted by Gasteiger charge is -2.22. The molecular weight excluding hydrogens is 709 g/mol. The summed E-state index contributed by atoms with van der Waals surface area (Å²) in [5.74, 6) is 1.45. The van der Waals surface area contributed by atoms with Gasteiger partial charge in [-0.2, -0.15) is 0 Å². The first kappa shape index (κ1) is 34.4. The van der Waals surface area contributed by atoms with E-state index in [1.165, 1.54) is 15.9 Å². The van der Waals surface area contributed by atoms with Gasteiger partial charge in [0.1, 0.15) is 8.07 Å². The fourth-order valence-corrected chi connectivity index (χ4v) is 11.4. The Morgan fingerprint density at radius 3 is 1.30 bits per heavy atom. The molecule has 1 aliphatic rings. The second-order valence-electron chi connectivity index (χ2n) is 15.1. The zero-order chi connectivity index (χ0) is 38.3. The Balaban J connectivity index is 1.05. The van der Waals surface area contributed by atoms with Crippen LogP contribution in [0.5, 0.6) is 0 Å². The SMILES string of the molecule is C[Si]1(C)c2ccccc2-c2nc(-c3ccccc3)nc(-c3cccc(-c4cccc(-c5cccc(-c6nc(-c7ccccc7)cc(-c7ccccc7)n6)c5)c4)c3)c21. The van der Waals surface area contributed by atoms with Gasteiger partial charge >= 0.3 is 0 Å². The highest BCUT2D eigenvalue weighted by molar-refractivity contribution is 7.04. The molecule has 0 fully saturated rings. The number of hydrogen-bond donors (Lipinski definition) is 0. The standard InChI is InChI=1S/C52H38N4Si/c1-57(2)47-30-13-12-29-44(47)49-50(57)48(55-51(56-49)37-21-10-5-11-22-37)42-27-15-25-40(32-42)38-23-14-24-39(31-38)41-26-16-28-43(33-41)52-53-45(35-17-6-3-7-18-35)34-46(54-52)36-19-8-4-9-20-36/h3-34H,1-2H3. The summed E-state index contributed by atoms with van der Waals surface area (Å²) >= 11 is 0. The quantitative estimate of drug-likeness (QED) is 0.152. The molecular formula is C52H38N4Si. The summed E-state index contributed by atoms with van der Waals surface area (Å²) in [5.41, 5.74) is 14.9. The van der Waals surface area contributed by atoms with E-state index in [2.05, 4.69) is 165 Å². The first-order chi connectivity index (χ1) is 28.0. The molecule has 0 spiro atoms. The fraction of sp³-hybridized carbons (Fsp3) is 0.0385.